The second-order valence-corrected chi connectivity index (χ2v) is 8.18. The molecule has 27 heavy (non-hydrogen) atoms. The highest BCUT2D eigenvalue weighted by Gasteiger charge is 2.17. The van der Waals surface area contributed by atoms with E-state index in [-0.39, 0.29) is 5.83 Å². The SMILES string of the molecule is C=C(CC/C=C\C)[C@@H](C)CC1=CC[C@H](CCC2C=C(F)C(CC)=CC2)C=C1. The fourth-order valence-electron chi connectivity index (χ4n) is 3.97. The standard InChI is InChI=1S/C26H37F/c1-5-7-8-9-20(3)21(4)18-23-13-10-22(11-14-23)12-15-24-16-17-25(6-2)26(27)19-24/h5,7,10,13-14,17,19,21-22,24H,3,6,8-9,11-12,15-16,18H2,1-2,4H3/b7-5-/t21-,22+,24?/m0/s1. The van der Waals surface area contributed by atoms with Crippen LogP contribution in [0.15, 0.2) is 71.7 Å². The van der Waals surface area contributed by atoms with Crippen molar-refractivity contribution in [2.45, 2.75) is 72.1 Å². The zero-order valence-electron chi connectivity index (χ0n) is 17.5. The molecule has 3 atom stereocenters. The summed E-state index contributed by atoms with van der Waals surface area (Å²) in [6.07, 6.45) is 23.8. The van der Waals surface area contributed by atoms with E-state index in [0.717, 1.165) is 56.9 Å². The van der Waals surface area contributed by atoms with Gasteiger partial charge in [0.1, 0.15) is 5.83 Å². The Hall–Kier alpha value is -1.63. The van der Waals surface area contributed by atoms with Crippen LogP contribution in [0.5, 0.6) is 0 Å². The molecule has 0 saturated heterocycles. The molecule has 2 rings (SSSR count). The number of hydrogen-bond donors (Lipinski definition) is 0. The molecule has 0 nitrogen and oxygen atoms in total. The van der Waals surface area contributed by atoms with Gasteiger partial charge in [-0.25, -0.2) is 4.39 Å². The zero-order chi connectivity index (χ0) is 19.6. The van der Waals surface area contributed by atoms with Crippen molar-refractivity contribution in [3.8, 4) is 0 Å². The number of allylic oxidation sites excluding steroid dienone is 11. The van der Waals surface area contributed by atoms with E-state index in [2.05, 4.69) is 56.9 Å². The summed E-state index contributed by atoms with van der Waals surface area (Å²) >= 11 is 0. The number of halogens is 1. The lowest BCUT2D eigenvalue weighted by Crippen LogP contribution is -2.08. The highest BCUT2D eigenvalue weighted by Crippen LogP contribution is 2.32. The topological polar surface area (TPSA) is 0 Å². The second-order valence-electron chi connectivity index (χ2n) is 8.18. The van der Waals surface area contributed by atoms with Crippen molar-refractivity contribution in [1.82, 2.24) is 0 Å². The molecule has 0 fully saturated rings. The summed E-state index contributed by atoms with van der Waals surface area (Å²) in [6.45, 7) is 10.7. The summed E-state index contributed by atoms with van der Waals surface area (Å²) in [7, 11) is 0. The molecule has 0 bridgehead atoms. The molecule has 0 aromatic heterocycles. The molecular weight excluding hydrogens is 331 g/mol. The van der Waals surface area contributed by atoms with Gasteiger partial charge < -0.3 is 0 Å². The van der Waals surface area contributed by atoms with E-state index >= 15 is 0 Å². The highest BCUT2D eigenvalue weighted by atomic mass is 19.1. The summed E-state index contributed by atoms with van der Waals surface area (Å²) in [6, 6.07) is 0. The molecule has 0 amide bonds. The Morgan fingerprint density at radius 3 is 2.63 bits per heavy atom. The maximum atomic E-state index is 14.0. The van der Waals surface area contributed by atoms with Crippen LogP contribution in [-0.4, -0.2) is 0 Å². The van der Waals surface area contributed by atoms with Gasteiger partial charge in [-0.15, -0.1) is 0 Å². The van der Waals surface area contributed by atoms with E-state index in [4.69, 9.17) is 0 Å². The fourth-order valence-corrected chi connectivity index (χ4v) is 3.97. The largest absolute Gasteiger partial charge is 0.207 e. The smallest absolute Gasteiger partial charge is 0.122 e. The van der Waals surface area contributed by atoms with Gasteiger partial charge in [-0.1, -0.05) is 68.0 Å². The van der Waals surface area contributed by atoms with Crippen molar-refractivity contribution in [3.05, 3.63) is 71.7 Å². The Morgan fingerprint density at radius 1 is 1.26 bits per heavy atom. The van der Waals surface area contributed by atoms with Crippen LogP contribution < -0.4 is 0 Å². The molecule has 148 valence electrons. The first-order chi connectivity index (χ1) is 13.0. The molecule has 0 aliphatic heterocycles. The van der Waals surface area contributed by atoms with Crippen molar-refractivity contribution >= 4 is 0 Å². The van der Waals surface area contributed by atoms with Crippen molar-refractivity contribution < 1.29 is 4.39 Å². The van der Waals surface area contributed by atoms with Crippen LogP contribution >= 0.6 is 0 Å². The van der Waals surface area contributed by atoms with Gasteiger partial charge >= 0.3 is 0 Å². The molecule has 0 saturated carbocycles. The average Bonchev–Trinajstić information content (AvgIpc) is 2.67. The fraction of sp³-hybridized carbons (Fsp3) is 0.538. The maximum absolute atomic E-state index is 14.0. The summed E-state index contributed by atoms with van der Waals surface area (Å²) in [4.78, 5) is 0. The van der Waals surface area contributed by atoms with Crippen molar-refractivity contribution in [2.24, 2.45) is 17.8 Å². The van der Waals surface area contributed by atoms with Gasteiger partial charge in [0.05, 0.1) is 0 Å². The molecule has 1 unspecified atom stereocenters. The highest BCUT2D eigenvalue weighted by molar-refractivity contribution is 5.29. The Morgan fingerprint density at radius 2 is 2.00 bits per heavy atom. The summed E-state index contributed by atoms with van der Waals surface area (Å²) in [5.41, 5.74) is 3.69. The molecular formula is C26H37F. The van der Waals surface area contributed by atoms with Gasteiger partial charge in [0.2, 0.25) is 0 Å². The van der Waals surface area contributed by atoms with E-state index in [1.54, 1.807) is 0 Å². The van der Waals surface area contributed by atoms with Gasteiger partial charge in [-0.3, -0.25) is 0 Å². The molecule has 1 heteroatoms. The lowest BCUT2D eigenvalue weighted by molar-refractivity contribution is 0.471. The Bertz CT molecular complexity index is 641. The lowest BCUT2D eigenvalue weighted by atomic mass is 9.84. The molecule has 2 aliphatic carbocycles. The van der Waals surface area contributed by atoms with Crippen LogP contribution in [0.4, 0.5) is 4.39 Å². The molecule has 0 N–H and O–H groups in total. The zero-order valence-corrected chi connectivity index (χ0v) is 17.5. The van der Waals surface area contributed by atoms with Crippen LogP contribution in [0.3, 0.4) is 0 Å². The van der Waals surface area contributed by atoms with E-state index in [9.17, 15) is 4.39 Å². The van der Waals surface area contributed by atoms with Crippen LogP contribution in [0.25, 0.3) is 0 Å². The van der Waals surface area contributed by atoms with E-state index in [1.165, 1.54) is 11.1 Å². The Labute approximate surface area is 166 Å². The van der Waals surface area contributed by atoms with Gasteiger partial charge in [-0.2, -0.15) is 0 Å². The van der Waals surface area contributed by atoms with E-state index in [0.29, 0.717) is 17.8 Å². The first-order valence-corrected chi connectivity index (χ1v) is 10.8. The van der Waals surface area contributed by atoms with E-state index in [1.807, 2.05) is 13.0 Å². The molecule has 0 aromatic carbocycles. The Balaban J connectivity index is 1.72. The van der Waals surface area contributed by atoms with Gasteiger partial charge in [0.25, 0.3) is 0 Å². The molecule has 2 aliphatic rings. The predicted molar refractivity (Wildman–Crippen MR) is 117 cm³/mol. The lowest BCUT2D eigenvalue weighted by Gasteiger charge is -2.22. The third-order valence-corrected chi connectivity index (χ3v) is 6.02. The first-order valence-electron chi connectivity index (χ1n) is 10.8. The minimum atomic E-state index is 0.0127. The molecule has 0 heterocycles. The maximum Gasteiger partial charge on any atom is 0.122 e. The predicted octanol–water partition coefficient (Wildman–Crippen LogP) is 8.42. The Kier molecular flexibility index (Phi) is 9.04. The quantitative estimate of drug-likeness (QED) is 0.339. The second kappa shape index (κ2) is 11.3. The third kappa shape index (κ3) is 7.13. The van der Waals surface area contributed by atoms with Crippen molar-refractivity contribution in [3.63, 3.8) is 0 Å². The summed E-state index contributed by atoms with van der Waals surface area (Å²) in [5, 5.41) is 0. The number of rotatable bonds is 10. The molecule has 0 aromatic rings. The first kappa shape index (κ1) is 21.7. The van der Waals surface area contributed by atoms with Crippen LogP contribution in [0.1, 0.15) is 72.1 Å². The average molecular weight is 369 g/mol. The van der Waals surface area contributed by atoms with Crippen molar-refractivity contribution in [1.29, 1.82) is 0 Å². The van der Waals surface area contributed by atoms with Gasteiger partial charge in [0.15, 0.2) is 0 Å². The normalized spacial score (nSPS) is 23.8. The monoisotopic (exact) mass is 368 g/mol. The third-order valence-electron chi connectivity index (χ3n) is 6.02. The van der Waals surface area contributed by atoms with Crippen molar-refractivity contribution in [2.75, 3.05) is 0 Å². The van der Waals surface area contributed by atoms with Crippen LogP contribution in [-0.2, 0) is 0 Å². The van der Waals surface area contributed by atoms with Crippen LogP contribution in [0.2, 0.25) is 0 Å². The van der Waals surface area contributed by atoms with Gasteiger partial charge in [0, 0.05) is 0 Å². The van der Waals surface area contributed by atoms with Crippen LogP contribution in [0, 0.1) is 17.8 Å². The summed E-state index contributed by atoms with van der Waals surface area (Å²) < 4.78 is 14.0. The number of hydrogen-bond acceptors (Lipinski definition) is 0. The molecule has 0 spiro atoms. The molecule has 0 radical (unpaired) electrons. The van der Waals surface area contributed by atoms with Gasteiger partial charge in [-0.05, 0) is 87.7 Å². The minimum absolute atomic E-state index is 0.0127. The van der Waals surface area contributed by atoms with E-state index < -0.39 is 0 Å². The minimum Gasteiger partial charge on any atom is -0.207 e. The summed E-state index contributed by atoms with van der Waals surface area (Å²) in [5.74, 6) is 1.53.